The molecule has 106 valence electrons. The minimum absolute atomic E-state index is 0.0284. The van der Waals surface area contributed by atoms with Crippen molar-refractivity contribution in [1.29, 1.82) is 0 Å². The van der Waals surface area contributed by atoms with E-state index in [1.54, 1.807) is 6.92 Å². The summed E-state index contributed by atoms with van der Waals surface area (Å²) in [6.07, 6.45) is 1.19. The van der Waals surface area contributed by atoms with Gasteiger partial charge in [-0.3, -0.25) is 0 Å². The van der Waals surface area contributed by atoms with Gasteiger partial charge in [-0.25, -0.2) is 22.5 Å². The first-order valence-electron chi connectivity index (χ1n) is 5.88. The molecule has 2 aromatic rings. The van der Waals surface area contributed by atoms with Crippen LogP contribution < -0.4 is 10.5 Å². The van der Waals surface area contributed by atoms with Crippen molar-refractivity contribution in [2.45, 2.75) is 17.9 Å². The largest absolute Gasteiger partial charge is 0.384 e. The number of hydrogen-bond acceptors (Lipinski definition) is 4. The Balaban J connectivity index is 2.19. The molecular formula is C13H14FN3O2S. The Morgan fingerprint density at radius 3 is 2.40 bits per heavy atom. The van der Waals surface area contributed by atoms with E-state index < -0.39 is 16.1 Å². The normalized spacial score (nSPS) is 13.1. The van der Waals surface area contributed by atoms with Crippen molar-refractivity contribution in [2.75, 3.05) is 5.73 Å². The number of anilines is 1. The average Bonchev–Trinajstić information content (AvgIpc) is 2.39. The highest BCUT2D eigenvalue weighted by Crippen LogP contribution is 2.17. The predicted molar refractivity (Wildman–Crippen MR) is 73.8 cm³/mol. The van der Waals surface area contributed by atoms with Crippen molar-refractivity contribution >= 4 is 15.8 Å². The zero-order valence-electron chi connectivity index (χ0n) is 10.7. The molecule has 2 rings (SSSR count). The van der Waals surface area contributed by atoms with Crippen LogP contribution in [0.2, 0.25) is 0 Å². The van der Waals surface area contributed by atoms with Crippen molar-refractivity contribution in [3.8, 4) is 0 Å². The van der Waals surface area contributed by atoms with Gasteiger partial charge < -0.3 is 5.73 Å². The van der Waals surface area contributed by atoms with Crippen LogP contribution in [-0.2, 0) is 10.0 Å². The quantitative estimate of drug-likeness (QED) is 0.901. The first-order valence-corrected chi connectivity index (χ1v) is 7.36. The van der Waals surface area contributed by atoms with Gasteiger partial charge in [-0.1, -0.05) is 12.1 Å². The zero-order valence-corrected chi connectivity index (χ0v) is 11.6. The van der Waals surface area contributed by atoms with Crippen molar-refractivity contribution < 1.29 is 12.8 Å². The van der Waals surface area contributed by atoms with E-state index in [9.17, 15) is 12.8 Å². The number of benzene rings is 1. The second kappa shape index (κ2) is 5.56. The lowest BCUT2D eigenvalue weighted by Gasteiger charge is -2.14. The highest BCUT2D eigenvalue weighted by Gasteiger charge is 2.18. The first kappa shape index (κ1) is 14.4. The van der Waals surface area contributed by atoms with E-state index in [1.807, 2.05) is 0 Å². The third-order valence-corrected chi connectivity index (χ3v) is 4.30. The van der Waals surface area contributed by atoms with Crippen LogP contribution in [0.25, 0.3) is 0 Å². The molecule has 0 saturated carbocycles. The summed E-state index contributed by atoms with van der Waals surface area (Å²) in [6, 6.07) is 7.93. The van der Waals surface area contributed by atoms with Gasteiger partial charge in [0.2, 0.25) is 10.0 Å². The molecule has 1 unspecified atom stereocenters. The maximum absolute atomic E-state index is 12.8. The van der Waals surface area contributed by atoms with E-state index in [0.717, 1.165) is 0 Å². The maximum atomic E-state index is 12.8. The van der Waals surface area contributed by atoms with E-state index in [1.165, 1.54) is 42.6 Å². The molecule has 20 heavy (non-hydrogen) atoms. The molecule has 1 heterocycles. The number of sulfonamides is 1. The average molecular weight is 295 g/mol. The molecular weight excluding hydrogens is 281 g/mol. The second-order valence-corrected chi connectivity index (χ2v) is 6.03. The Morgan fingerprint density at radius 1 is 1.20 bits per heavy atom. The predicted octanol–water partition coefficient (Wildman–Crippen LogP) is 1.84. The Bertz CT molecular complexity index is 685. The summed E-state index contributed by atoms with van der Waals surface area (Å²) < 4.78 is 39.6. The molecule has 0 aliphatic heterocycles. The van der Waals surface area contributed by atoms with Crippen molar-refractivity contribution in [3.63, 3.8) is 0 Å². The molecule has 1 aromatic carbocycles. The Morgan fingerprint density at radius 2 is 1.85 bits per heavy atom. The number of aromatic nitrogens is 1. The lowest BCUT2D eigenvalue weighted by atomic mass is 10.1. The van der Waals surface area contributed by atoms with Crippen molar-refractivity contribution in [1.82, 2.24) is 9.71 Å². The third-order valence-electron chi connectivity index (χ3n) is 2.77. The number of halogens is 1. The number of nitrogen functional groups attached to an aromatic ring is 1. The van der Waals surface area contributed by atoms with Gasteiger partial charge in [0.1, 0.15) is 16.5 Å². The second-order valence-electron chi connectivity index (χ2n) is 4.31. The fourth-order valence-corrected chi connectivity index (χ4v) is 2.85. The van der Waals surface area contributed by atoms with Crippen LogP contribution in [0.15, 0.2) is 47.5 Å². The Hall–Kier alpha value is -1.99. The summed E-state index contributed by atoms with van der Waals surface area (Å²) >= 11 is 0. The number of nitrogens with one attached hydrogen (secondary N) is 1. The Kier molecular flexibility index (Phi) is 4.01. The fraction of sp³-hybridized carbons (Fsp3) is 0.154. The molecule has 0 radical (unpaired) electrons. The number of rotatable bonds is 4. The fourth-order valence-electron chi connectivity index (χ4n) is 1.67. The number of nitrogens with zero attached hydrogens (tertiary/aromatic N) is 1. The SMILES string of the molecule is CC(NS(=O)(=O)c1ccc(N)nc1)c1ccc(F)cc1. The third kappa shape index (κ3) is 3.31. The topological polar surface area (TPSA) is 85.1 Å². The highest BCUT2D eigenvalue weighted by atomic mass is 32.2. The minimum Gasteiger partial charge on any atom is -0.384 e. The van der Waals surface area contributed by atoms with Gasteiger partial charge >= 0.3 is 0 Å². The lowest BCUT2D eigenvalue weighted by Crippen LogP contribution is -2.27. The lowest BCUT2D eigenvalue weighted by molar-refractivity contribution is 0.566. The van der Waals surface area contributed by atoms with Gasteiger partial charge in [-0.2, -0.15) is 0 Å². The van der Waals surface area contributed by atoms with Crippen LogP contribution in [0, 0.1) is 5.82 Å². The van der Waals surface area contributed by atoms with E-state index in [-0.39, 0.29) is 16.5 Å². The van der Waals surface area contributed by atoms with Crippen LogP contribution in [-0.4, -0.2) is 13.4 Å². The van der Waals surface area contributed by atoms with Gasteiger partial charge in [0.25, 0.3) is 0 Å². The van der Waals surface area contributed by atoms with Gasteiger partial charge in [0, 0.05) is 12.2 Å². The first-order chi connectivity index (χ1) is 9.38. The molecule has 3 N–H and O–H groups in total. The summed E-state index contributed by atoms with van der Waals surface area (Å²) in [5.74, 6) is -0.123. The van der Waals surface area contributed by atoms with Gasteiger partial charge in [-0.15, -0.1) is 0 Å². The van der Waals surface area contributed by atoms with E-state index in [0.29, 0.717) is 5.56 Å². The van der Waals surface area contributed by atoms with E-state index in [2.05, 4.69) is 9.71 Å². The number of nitrogens with two attached hydrogens (primary N) is 1. The molecule has 0 aliphatic carbocycles. The van der Waals surface area contributed by atoms with E-state index >= 15 is 0 Å². The summed E-state index contributed by atoms with van der Waals surface area (Å²) in [7, 11) is -3.70. The van der Waals surface area contributed by atoms with Gasteiger partial charge in [0.15, 0.2) is 0 Å². The summed E-state index contributed by atoms with van der Waals surface area (Å²) in [5.41, 5.74) is 6.08. The standard InChI is InChI=1S/C13H14FN3O2S/c1-9(10-2-4-11(14)5-3-10)17-20(18,19)12-6-7-13(15)16-8-12/h2-9,17H,1H3,(H2,15,16). The van der Waals surface area contributed by atoms with Gasteiger partial charge in [0.05, 0.1) is 0 Å². The molecule has 0 fully saturated rings. The molecule has 1 atom stereocenters. The number of hydrogen-bond donors (Lipinski definition) is 2. The summed E-state index contributed by atoms with van der Waals surface area (Å²) in [4.78, 5) is 3.77. The van der Waals surface area contributed by atoms with Gasteiger partial charge in [-0.05, 0) is 36.8 Å². The number of pyridine rings is 1. The van der Waals surface area contributed by atoms with Crippen LogP contribution in [0.3, 0.4) is 0 Å². The molecule has 7 heteroatoms. The highest BCUT2D eigenvalue weighted by molar-refractivity contribution is 7.89. The summed E-state index contributed by atoms with van der Waals surface area (Å²) in [6.45, 7) is 1.68. The molecule has 1 aromatic heterocycles. The molecule has 0 amide bonds. The van der Waals surface area contributed by atoms with Crippen LogP contribution in [0.4, 0.5) is 10.2 Å². The van der Waals surface area contributed by atoms with Crippen molar-refractivity contribution in [2.24, 2.45) is 0 Å². The molecule has 0 bridgehead atoms. The molecule has 0 saturated heterocycles. The smallest absolute Gasteiger partial charge is 0.242 e. The molecule has 5 nitrogen and oxygen atoms in total. The summed E-state index contributed by atoms with van der Waals surface area (Å²) in [5, 5.41) is 0. The minimum atomic E-state index is -3.70. The zero-order chi connectivity index (χ0) is 14.8. The maximum Gasteiger partial charge on any atom is 0.242 e. The van der Waals surface area contributed by atoms with Crippen LogP contribution >= 0.6 is 0 Å². The van der Waals surface area contributed by atoms with Crippen LogP contribution in [0.1, 0.15) is 18.5 Å². The van der Waals surface area contributed by atoms with E-state index in [4.69, 9.17) is 5.73 Å². The monoisotopic (exact) mass is 295 g/mol. The molecule has 0 aliphatic rings. The Labute approximate surface area is 116 Å². The van der Waals surface area contributed by atoms with Crippen molar-refractivity contribution in [3.05, 3.63) is 54.0 Å². The van der Waals surface area contributed by atoms with Crippen LogP contribution in [0.5, 0.6) is 0 Å². The molecule has 0 spiro atoms.